The van der Waals surface area contributed by atoms with Gasteiger partial charge in [0.25, 0.3) is 0 Å². The van der Waals surface area contributed by atoms with Crippen LogP contribution in [0.1, 0.15) is 5.69 Å². The van der Waals surface area contributed by atoms with E-state index in [1.165, 1.54) is 30.6 Å². The average Bonchev–Trinajstić information content (AvgIpc) is 2.77. The number of ether oxygens (including phenoxy) is 1. The number of hydrogen-bond acceptors (Lipinski definition) is 4. The van der Waals surface area contributed by atoms with Crippen molar-refractivity contribution < 1.29 is 13.9 Å². The first-order valence-electron chi connectivity index (χ1n) is 5.07. The Hall–Kier alpha value is -1.46. The Labute approximate surface area is 112 Å². The van der Waals surface area contributed by atoms with Crippen LogP contribution in [0.2, 0.25) is 5.02 Å². The summed E-state index contributed by atoms with van der Waals surface area (Å²) >= 11 is 7.29. The minimum absolute atomic E-state index is 0.117. The lowest BCUT2D eigenvalue weighted by atomic mass is 10.2. The number of carbonyl (C=O) groups is 1. The Morgan fingerprint density at radius 1 is 1.56 bits per heavy atom. The second kappa shape index (κ2) is 5.46. The molecule has 18 heavy (non-hydrogen) atoms. The summed E-state index contributed by atoms with van der Waals surface area (Å²) < 4.78 is 17.5. The molecular formula is C12H9ClFNO2S. The van der Waals surface area contributed by atoms with Crippen molar-refractivity contribution in [3.05, 3.63) is 40.1 Å². The molecule has 0 aliphatic carbocycles. The van der Waals surface area contributed by atoms with Crippen molar-refractivity contribution in [2.24, 2.45) is 0 Å². The molecule has 1 aromatic carbocycles. The number of thiazole rings is 1. The van der Waals surface area contributed by atoms with E-state index in [9.17, 15) is 9.18 Å². The Bertz CT molecular complexity index is 585. The number of nitrogens with zero attached hydrogens (tertiary/aromatic N) is 1. The number of rotatable bonds is 3. The van der Waals surface area contributed by atoms with Gasteiger partial charge < -0.3 is 4.74 Å². The number of halogens is 2. The molecule has 0 aliphatic rings. The van der Waals surface area contributed by atoms with E-state index < -0.39 is 5.82 Å². The highest BCUT2D eigenvalue weighted by molar-refractivity contribution is 7.13. The molecule has 94 valence electrons. The van der Waals surface area contributed by atoms with Gasteiger partial charge in [-0.15, -0.1) is 11.3 Å². The summed E-state index contributed by atoms with van der Waals surface area (Å²) in [7, 11) is 1.33. The molecule has 0 radical (unpaired) electrons. The third-order valence-corrected chi connectivity index (χ3v) is 3.50. The van der Waals surface area contributed by atoms with Gasteiger partial charge in [0, 0.05) is 10.9 Å². The molecular weight excluding hydrogens is 277 g/mol. The molecule has 0 saturated heterocycles. The zero-order valence-corrected chi connectivity index (χ0v) is 11.0. The van der Waals surface area contributed by atoms with Crippen molar-refractivity contribution in [2.75, 3.05) is 7.11 Å². The quantitative estimate of drug-likeness (QED) is 0.812. The lowest BCUT2D eigenvalue weighted by molar-refractivity contribution is -0.139. The lowest BCUT2D eigenvalue weighted by Crippen LogP contribution is -2.04. The SMILES string of the molecule is COC(=O)Cc1csc(-c2ccc(F)cc2Cl)n1. The predicted octanol–water partition coefficient (Wildman–Crippen LogP) is 3.32. The van der Waals surface area contributed by atoms with Crippen molar-refractivity contribution in [2.45, 2.75) is 6.42 Å². The molecule has 0 unspecified atom stereocenters. The smallest absolute Gasteiger partial charge is 0.311 e. The Kier molecular flexibility index (Phi) is 3.93. The van der Waals surface area contributed by atoms with Crippen LogP contribution in [0.5, 0.6) is 0 Å². The zero-order chi connectivity index (χ0) is 13.1. The molecule has 0 aliphatic heterocycles. The lowest BCUT2D eigenvalue weighted by Gasteiger charge is -1.99. The van der Waals surface area contributed by atoms with E-state index in [0.29, 0.717) is 21.3 Å². The van der Waals surface area contributed by atoms with Gasteiger partial charge in [-0.25, -0.2) is 9.37 Å². The van der Waals surface area contributed by atoms with E-state index in [-0.39, 0.29) is 12.4 Å². The maximum absolute atomic E-state index is 12.9. The van der Waals surface area contributed by atoms with Crippen molar-refractivity contribution in [1.29, 1.82) is 0 Å². The molecule has 1 aromatic heterocycles. The van der Waals surface area contributed by atoms with Crippen LogP contribution in [0.15, 0.2) is 23.6 Å². The van der Waals surface area contributed by atoms with E-state index >= 15 is 0 Å². The Balaban J connectivity index is 2.26. The number of esters is 1. The van der Waals surface area contributed by atoms with Crippen LogP contribution in [0, 0.1) is 5.82 Å². The van der Waals surface area contributed by atoms with E-state index in [0.717, 1.165) is 0 Å². The molecule has 0 saturated carbocycles. The molecule has 2 aromatic rings. The van der Waals surface area contributed by atoms with E-state index in [1.807, 2.05) is 0 Å². The largest absolute Gasteiger partial charge is 0.469 e. The van der Waals surface area contributed by atoms with Crippen molar-refractivity contribution >= 4 is 28.9 Å². The Morgan fingerprint density at radius 3 is 3.00 bits per heavy atom. The molecule has 3 nitrogen and oxygen atoms in total. The van der Waals surface area contributed by atoms with Crippen LogP contribution in [0.3, 0.4) is 0 Å². The third-order valence-electron chi connectivity index (χ3n) is 2.27. The van der Waals surface area contributed by atoms with E-state index in [1.54, 1.807) is 11.4 Å². The predicted molar refractivity (Wildman–Crippen MR) is 68.2 cm³/mol. The minimum Gasteiger partial charge on any atom is -0.469 e. The zero-order valence-electron chi connectivity index (χ0n) is 9.44. The molecule has 2 rings (SSSR count). The number of hydrogen-bond donors (Lipinski definition) is 0. The fraction of sp³-hybridized carbons (Fsp3) is 0.167. The highest BCUT2D eigenvalue weighted by Gasteiger charge is 2.11. The standard InChI is InChI=1S/C12H9ClFNO2S/c1-17-11(16)5-8-6-18-12(15-8)9-3-2-7(14)4-10(9)13/h2-4,6H,5H2,1H3. The highest BCUT2D eigenvalue weighted by Crippen LogP contribution is 2.30. The summed E-state index contributed by atoms with van der Waals surface area (Å²) in [4.78, 5) is 15.4. The first kappa shape index (κ1) is 13.0. The number of methoxy groups -OCH3 is 1. The maximum atomic E-state index is 12.9. The topological polar surface area (TPSA) is 39.2 Å². The van der Waals surface area contributed by atoms with E-state index in [4.69, 9.17) is 11.6 Å². The van der Waals surface area contributed by atoms with Gasteiger partial charge in [0.1, 0.15) is 10.8 Å². The number of aromatic nitrogens is 1. The van der Waals surface area contributed by atoms with Crippen LogP contribution < -0.4 is 0 Å². The van der Waals surface area contributed by atoms with Crippen molar-refractivity contribution in [3.63, 3.8) is 0 Å². The van der Waals surface area contributed by atoms with E-state index in [2.05, 4.69) is 9.72 Å². The number of carbonyl (C=O) groups excluding carboxylic acids is 1. The number of benzene rings is 1. The average molecular weight is 286 g/mol. The first-order chi connectivity index (χ1) is 8.60. The van der Waals surface area contributed by atoms with Gasteiger partial charge in [0.2, 0.25) is 0 Å². The summed E-state index contributed by atoms with van der Waals surface area (Å²) in [5.41, 5.74) is 1.27. The van der Waals surface area contributed by atoms with Gasteiger partial charge in [-0.05, 0) is 18.2 Å². The molecule has 1 heterocycles. The van der Waals surface area contributed by atoms with Crippen LogP contribution in [0.25, 0.3) is 10.6 Å². The molecule has 0 fully saturated rings. The van der Waals surface area contributed by atoms with Crippen molar-refractivity contribution in [1.82, 2.24) is 4.98 Å². The van der Waals surface area contributed by atoms with Crippen LogP contribution in [0.4, 0.5) is 4.39 Å². The summed E-state index contributed by atoms with van der Waals surface area (Å²) in [5, 5.41) is 2.71. The van der Waals surface area contributed by atoms with Gasteiger partial charge in [0.15, 0.2) is 0 Å². The molecule has 0 amide bonds. The second-order valence-electron chi connectivity index (χ2n) is 3.52. The van der Waals surface area contributed by atoms with Crippen LogP contribution in [-0.2, 0) is 16.0 Å². The fourth-order valence-corrected chi connectivity index (χ4v) is 2.57. The monoisotopic (exact) mass is 285 g/mol. The molecule has 0 bridgehead atoms. The molecule has 6 heteroatoms. The summed E-state index contributed by atoms with van der Waals surface area (Å²) in [6.45, 7) is 0. The highest BCUT2D eigenvalue weighted by atomic mass is 35.5. The summed E-state index contributed by atoms with van der Waals surface area (Å²) in [5.74, 6) is -0.743. The van der Waals surface area contributed by atoms with Gasteiger partial charge in [0.05, 0.1) is 24.2 Å². The Morgan fingerprint density at radius 2 is 2.33 bits per heavy atom. The van der Waals surface area contributed by atoms with Gasteiger partial charge in [-0.1, -0.05) is 11.6 Å². The van der Waals surface area contributed by atoms with Crippen LogP contribution in [-0.4, -0.2) is 18.1 Å². The van der Waals surface area contributed by atoms with Crippen molar-refractivity contribution in [3.8, 4) is 10.6 Å². The fourth-order valence-electron chi connectivity index (χ4n) is 1.39. The molecule has 0 N–H and O–H groups in total. The normalized spacial score (nSPS) is 10.4. The maximum Gasteiger partial charge on any atom is 0.311 e. The minimum atomic E-state index is -0.393. The van der Waals surface area contributed by atoms with Gasteiger partial charge in [-0.3, -0.25) is 4.79 Å². The molecule has 0 spiro atoms. The van der Waals surface area contributed by atoms with Gasteiger partial charge >= 0.3 is 5.97 Å². The first-order valence-corrected chi connectivity index (χ1v) is 6.32. The third kappa shape index (κ3) is 2.86. The summed E-state index contributed by atoms with van der Waals surface area (Å²) in [6, 6.07) is 4.12. The summed E-state index contributed by atoms with van der Waals surface area (Å²) in [6.07, 6.45) is 0.117. The molecule has 0 atom stereocenters. The van der Waals surface area contributed by atoms with Crippen LogP contribution >= 0.6 is 22.9 Å². The second-order valence-corrected chi connectivity index (χ2v) is 4.79. The van der Waals surface area contributed by atoms with Gasteiger partial charge in [-0.2, -0.15) is 0 Å².